The van der Waals surface area contributed by atoms with E-state index in [0.29, 0.717) is 12.1 Å². The molecule has 2 fully saturated rings. The zero-order valence-corrected chi connectivity index (χ0v) is 19.3. The van der Waals surface area contributed by atoms with Gasteiger partial charge in [0.15, 0.2) is 0 Å². The molecule has 1 amide bonds. The molecule has 0 spiro atoms. The Balaban J connectivity index is 1.41. The summed E-state index contributed by atoms with van der Waals surface area (Å²) in [6, 6.07) is 9.53. The number of likely N-dealkylation sites (tertiary alicyclic amines) is 1. The van der Waals surface area contributed by atoms with Gasteiger partial charge in [-0.2, -0.15) is 0 Å². The zero-order valence-electron chi connectivity index (χ0n) is 19.3. The molecular formula is C28H33N3O. The van der Waals surface area contributed by atoms with Crippen molar-refractivity contribution in [2.45, 2.75) is 57.5 Å². The Morgan fingerprint density at radius 1 is 1.22 bits per heavy atom. The molecule has 1 aliphatic carbocycles. The number of likely N-dealkylation sites (N-methyl/N-ethyl adjacent to an activating group) is 1. The largest absolute Gasteiger partial charge is 0.330 e. The van der Waals surface area contributed by atoms with E-state index in [-0.39, 0.29) is 5.91 Å². The van der Waals surface area contributed by atoms with Crippen molar-refractivity contribution in [2.24, 2.45) is 0 Å². The smallest absolute Gasteiger partial charge is 0.256 e. The van der Waals surface area contributed by atoms with Crippen molar-refractivity contribution in [2.75, 3.05) is 20.1 Å². The van der Waals surface area contributed by atoms with Crippen LogP contribution in [0, 0.1) is 6.92 Å². The maximum Gasteiger partial charge on any atom is 0.256 e. The average molecular weight is 428 g/mol. The fraction of sp³-hybridized carbons (Fsp3) is 0.429. The highest BCUT2D eigenvalue weighted by Crippen LogP contribution is 2.35. The summed E-state index contributed by atoms with van der Waals surface area (Å²) < 4.78 is 0. The lowest BCUT2D eigenvalue weighted by molar-refractivity contribution is 0.0472. The van der Waals surface area contributed by atoms with Gasteiger partial charge < -0.3 is 9.80 Å². The minimum Gasteiger partial charge on any atom is -0.330 e. The van der Waals surface area contributed by atoms with Gasteiger partial charge in [-0.1, -0.05) is 30.4 Å². The van der Waals surface area contributed by atoms with Crippen molar-refractivity contribution >= 4 is 11.5 Å². The second kappa shape index (κ2) is 8.67. The first-order chi connectivity index (χ1) is 15.5. The van der Waals surface area contributed by atoms with E-state index in [2.05, 4.69) is 60.7 Å². The summed E-state index contributed by atoms with van der Waals surface area (Å²) in [6.45, 7) is 7.98. The lowest BCUT2D eigenvalue weighted by atomic mass is 9.94. The summed E-state index contributed by atoms with van der Waals surface area (Å²) in [5.74, 6) is 0.154. The molecule has 2 bridgehead atoms. The summed E-state index contributed by atoms with van der Waals surface area (Å²) in [5, 5.41) is 0. The van der Waals surface area contributed by atoms with Gasteiger partial charge in [-0.15, -0.1) is 6.58 Å². The number of carbonyl (C=O) groups is 1. The summed E-state index contributed by atoms with van der Waals surface area (Å²) >= 11 is 0. The second-order valence-corrected chi connectivity index (χ2v) is 9.68. The minimum atomic E-state index is 0.154. The number of carbonyl (C=O) groups excluding carboxylic acids is 1. The van der Waals surface area contributed by atoms with Crippen molar-refractivity contribution in [3.63, 3.8) is 0 Å². The molecule has 2 aliphatic heterocycles. The van der Waals surface area contributed by atoms with Gasteiger partial charge >= 0.3 is 0 Å². The number of aryl methyl sites for hydroxylation is 2. The molecule has 4 nitrogen and oxygen atoms in total. The Morgan fingerprint density at radius 2 is 2.00 bits per heavy atom. The molecule has 2 aromatic rings. The number of benzene rings is 1. The highest BCUT2D eigenvalue weighted by atomic mass is 16.2. The highest BCUT2D eigenvalue weighted by molar-refractivity contribution is 5.97. The van der Waals surface area contributed by atoms with E-state index in [1.165, 1.54) is 22.3 Å². The molecule has 2 atom stereocenters. The van der Waals surface area contributed by atoms with Crippen LogP contribution in [0.25, 0.3) is 5.57 Å². The maximum absolute atomic E-state index is 13.5. The van der Waals surface area contributed by atoms with Gasteiger partial charge in [0.05, 0.1) is 11.3 Å². The fourth-order valence-corrected chi connectivity index (χ4v) is 5.73. The van der Waals surface area contributed by atoms with Crippen molar-refractivity contribution in [3.8, 4) is 0 Å². The van der Waals surface area contributed by atoms with Gasteiger partial charge in [-0.25, -0.2) is 0 Å². The van der Waals surface area contributed by atoms with Crippen LogP contribution in [-0.2, 0) is 12.8 Å². The van der Waals surface area contributed by atoms with Crippen LogP contribution >= 0.6 is 0 Å². The van der Waals surface area contributed by atoms with E-state index in [1.807, 2.05) is 6.08 Å². The third-order valence-corrected chi connectivity index (χ3v) is 7.42. The van der Waals surface area contributed by atoms with Crippen LogP contribution in [0.5, 0.6) is 0 Å². The van der Waals surface area contributed by atoms with Crippen molar-refractivity contribution in [1.82, 2.24) is 14.8 Å². The summed E-state index contributed by atoms with van der Waals surface area (Å²) in [7, 11) is 2.16. The maximum atomic E-state index is 13.5. The minimum absolute atomic E-state index is 0.154. The highest BCUT2D eigenvalue weighted by Gasteiger charge is 2.42. The van der Waals surface area contributed by atoms with Gasteiger partial charge in [0, 0.05) is 43.4 Å². The van der Waals surface area contributed by atoms with Gasteiger partial charge in [-0.05, 0) is 74.4 Å². The number of unbranched alkanes of at least 4 members (excludes halogenated alkanes) is 1. The summed E-state index contributed by atoms with van der Waals surface area (Å²) in [5.41, 5.74) is 8.11. The van der Waals surface area contributed by atoms with E-state index in [1.54, 1.807) is 6.20 Å². The molecule has 1 aromatic heterocycles. The molecule has 5 rings (SSSR count). The van der Waals surface area contributed by atoms with Gasteiger partial charge in [-0.3, -0.25) is 9.78 Å². The number of amides is 1. The van der Waals surface area contributed by atoms with E-state index in [4.69, 9.17) is 4.98 Å². The summed E-state index contributed by atoms with van der Waals surface area (Å²) in [4.78, 5) is 22.7. The predicted molar refractivity (Wildman–Crippen MR) is 130 cm³/mol. The molecular weight excluding hydrogens is 394 g/mol. The van der Waals surface area contributed by atoms with Crippen LogP contribution in [-0.4, -0.2) is 52.9 Å². The predicted octanol–water partition coefficient (Wildman–Crippen LogP) is 4.81. The Kier molecular flexibility index (Phi) is 5.73. The van der Waals surface area contributed by atoms with Crippen LogP contribution in [0.2, 0.25) is 0 Å². The monoisotopic (exact) mass is 427 g/mol. The second-order valence-electron chi connectivity index (χ2n) is 9.68. The molecule has 0 N–H and O–H groups in total. The fourth-order valence-electron chi connectivity index (χ4n) is 5.73. The molecule has 0 saturated carbocycles. The Labute approximate surface area is 191 Å². The SMILES string of the molecule is C=CCCCc1cc(C2=CCc3ncc(C(=O)N4C5CCC4CN(C)C5)cc32)ccc1C. The molecule has 4 heteroatoms. The molecule has 0 radical (unpaired) electrons. The first kappa shape index (κ1) is 21.1. The molecule has 32 heavy (non-hydrogen) atoms. The van der Waals surface area contributed by atoms with Crippen molar-refractivity contribution in [1.29, 1.82) is 0 Å². The Morgan fingerprint density at radius 3 is 2.75 bits per heavy atom. The number of rotatable bonds is 6. The number of allylic oxidation sites excluding steroid dienone is 2. The van der Waals surface area contributed by atoms with Crippen molar-refractivity contribution < 1.29 is 4.79 Å². The molecule has 2 saturated heterocycles. The van der Waals surface area contributed by atoms with E-state index in [0.717, 1.165) is 68.4 Å². The standard InChI is InChI=1S/C28H33N3O/c1-4-5-6-7-20-14-21(9-8-19(20)2)25-12-13-27-26(25)15-22(16-29-27)28(32)31-23-10-11-24(31)18-30(3)17-23/h4,8-9,12,14-16,23-24H,1,5-7,10-11,13,17-18H2,2-3H3. The first-order valence-corrected chi connectivity index (χ1v) is 12.0. The average Bonchev–Trinajstić information content (AvgIpc) is 3.33. The van der Waals surface area contributed by atoms with E-state index >= 15 is 0 Å². The van der Waals surface area contributed by atoms with E-state index < -0.39 is 0 Å². The normalized spacial score (nSPS) is 22.1. The molecule has 3 aliphatic rings. The van der Waals surface area contributed by atoms with Crippen LogP contribution in [0.1, 0.15) is 64.0 Å². The number of piperazine rings is 1. The van der Waals surface area contributed by atoms with Crippen LogP contribution < -0.4 is 0 Å². The van der Waals surface area contributed by atoms with Gasteiger partial charge in [0.2, 0.25) is 0 Å². The van der Waals surface area contributed by atoms with Crippen molar-refractivity contribution in [3.05, 3.63) is 82.7 Å². The number of nitrogens with zero attached hydrogens (tertiary/aromatic N) is 3. The van der Waals surface area contributed by atoms with Crippen LogP contribution in [0.4, 0.5) is 0 Å². The van der Waals surface area contributed by atoms with E-state index in [9.17, 15) is 4.79 Å². The first-order valence-electron chi connectivity index (χ1n) is 12.0. The lowest BCUT2D eigenvalue weighted by Gasteiger charge is -2.39. The van der Waals surface area contributed by atoms with Crippen LogP contribution in [0.3, 0.4) is 0 Å². The molecule has 1 aromatic carbocycles. The number of hydrogen-bond donors (Lipinski definition) is 0. The topological polar surface area (TPSA) is 36.4 Å². The Bertz CT molecular complexity index is 1070. The summed E-state index contributed by atoms with van der Waals surface area (Å²) in [6.07, 6.45) is 12.3. The molecule has 3 heterocycles. The lowest BCUT2D eigenvalue weighted by Crippen LogP contribution is -2.54. The van der Waals surface area contributed by atoms with Gasteiger partial charge in [0.25, 0.3) is 5.91 Å². The third-order valence-electron chi connectivity index (χ3n) is 7.42. The number of fused-ring (bicyclic) bond motifs is 3. The van der Waals surface area contributed by atoms with Crippen LogP contribution in [0.15, 0.2) is 49.2 Å². The number of hydrogen-bond acceptors (Lipinski definition) is 3. The number of aromatic nitrogens is 1. The molecule has 166 valence electrons. The van der Waals surface area contributed by atoms with Gasteiger partial charge in [0.1, 0.15) is 0 Å². The number of pyridine rings is 1. The Hall–Kier alpha value is -2.72. The third kappa shape index (κ3) is 3.81. The molecule has 2 unspecified atom stereocenters. The zero-order chi connectivity index (χ0) is 22.2. The quantitative estimate of drug-likeness (QED) is 0.491.